The lowest BCUT2D eigenvalue weighted by Gasteiger charge is -2.06. The molecule has 0 fully saturated rings. The number of carbonyl (C=O) groups excluding carboxylic acids is 2. The molecular weight excluding hydrogens is 158 g/mol. The number of hydrogen-bond acceptors (Lipinski definition) is 3. The summed E-state index contributed by atoms with van der Waals surface area (Å²) in [5.74, 6) is -1.10. The minimum absolute atomic E-state index is 0.295. The normalized spacial score (nSPS) is 12.2. The molecule has 1 atom stereocenters. The summed E-state index contributed by atoms with van der Waals surface area (Å²) in [6, 6.07) is 0. The van der Waals surface area contributed by atoms with Gasteiger partial charge in [-0.1, -0.05) is 0 Å². The van der Waals surface area contributed by atoms with Crippen LogP contribution >= 0.6 is 0 Å². The van der Waals surface area contributed by atoms with Crippen molar-refractivity contribution in [2.75, 3.05) is 7.11 Å². The first-order valence-corrected chi connectivity index (χ1v) is 3.77. The highest BCUT2D eigenvalue weighted by atomic mass is 16.5. The first-order valence-electron chi connectivity index (χ1n) is 3.77. The van der Waals surface area contributed by atoms with Crippen LogP contribution in [0.1, 0.15) is 19.3 Å². The van der Waals surface area contributed by atoms with Gasteiger partial charge in [-0.3, -0.25) is 9.59 Å². The van der Waals surface area contributed by atoms with Crippen molar-refractivity contribution in [3.05, 3.63) is 6.92 Å². The van der Waals surface area contributed by atoms with Gasteiger partial charge in [0.1, 0.15) is 0 Å². The maximum Gasteiger partial charge on any atom is 0.308 e. The van der Waals surface area contributed by atoms with E-state index < -0.39 is 5.92 Å². The fourth-order valence-corrected chi connectivity index (χ4v) is 0.807. The molecule has 2 N–H and O–H groups in total. The van der Waals surface area contributed by atoms with Crippen LogP contribution < -0.4 is 5.73 Å². The van der Waals surface area contributed by atoms with Gasteiger partial charge in [0.2, 0.25) is 5.91 Å². The molecule has 12 heavy (non-hydrogen) atoms. The summed E-state index contributed by atoms with van der Waals surface area (Å²) in [5.41, 5.74) is 4.91. The minimum atomic E-state index is -0.394. The molecule has 0 heterocycles. The third-order valence-corrected chi connectivity index (χ3v) is 1.51. The number of nitrogens with two attached hydrogens (primary N) is 1. The third-order valence-electron chi connectivity index (χ3n) is 1.51. The Bertz CT molecular complexity index is 168. The molecule has 0 saturated carbocycles. The molecule has 0 aliphatic heterocycles. The van der Waals surface area contributed by atoms with Crippen LogP contribution in [0.3, 0.4) is 0 Å². The maximum absolute atomic E-state index is 10.8. The molecular formula is C8H14NO3. The number of ether oxygens (including phenoxy) is 1. The van der Waals surface area contributed by atoms with E-state index in [9.17, 15) is 9.59 Å². The number of carbonyl (C=O) groups is 2. The zero-order valence-corrected chi connectivity index (χ0v) is 7.21. The molecule has 0 saturated heterocycles. The van der Waals surface area contributed by atoms with Crippen LogP contribution in [0.4, 0.5) is 0 Å². The van der Waals surface area contributed by atoms with Crippen LogP contribution in [0.15, 0.2) is 0 Å². The molecule has 1 unspecified atom stereocenters. The van der Waals surface area contributed by atoms with Gasteiger partial charge >= 0.3 is 5.97 Å². The van der Waals surface area contributed by atoms with Crippen molar-refractivity contribution < 1.29 is 14.3 Å². The van der Waals surface area contributed by atoms with E-state index in [0.29, 0.717) is 19.3 Å². The van der Waals surface area contributed by atoms with Gasteiger partial charge in [-0.25, -0.2) is 0 Å². The zero-order valence-electron chi connectivity index (χ0n) is 7.21. The SMILES string of the molecule is [CH2]C(CCCC(N)=O)C(=O)OC. The van der Waals surface area contributed by atoms with E-state index in [1.165, 1.54) is 7.11 Å². The van der Waals surface area contributed by atoms with Crippen LogP contribution in [-0.4, -0.2) is 19.0 Å². The van der Waals surface area contributed by atoms with Crippen LogP contribution in [-0.2, 0) is 14.3 Å². The van der Waals surface area contributed by atoms with E-state index in [0.717, 1.165) is 0 Å². The lowest BCUT2D eigenvalue weighted by Crippen LogP contribution is -2.15. The van der Waals surface area contributed by atoms with E-state index in [-0.39, 0.29) is 11.9 Å². The van der Waals surface area contributed by atoms with Crippen molar-refractivity contribution in [1.82, 2.24) is 0 Å². The number of hydrogen-bond donors (Lipinski definition) is 1. The summed E-state index contributed by atoms with van der Waals surface area (Å²) in [4.78, 5) is 21.1. The van der Waals surface area contributed by atoms with Crippen molar-refractivity contribution in [3.63, 3.8) is 0 Å². The van der Waals surface area contributed by atoms with Gasteiger partial charge < -0.3 is 10.5 Å². The van der Waals surface area contributed by atoms with Crippen molar-refractivity contribution in [2.24, 2.45) is 11.7 Å². The molecule has 1 radical (unpaired) electrons. The Morgan fingerprint density at radius 2 is 2.17 bits per heavy atom. The van der Waals surface area contributed by atoms with Gasteiger partial charge in [0.05, 0.1) is 13.0 Å². The van der Waals surface area contributed by atoms with Gasteiger partial charge in [0, 0.05) is 6.42 Å². The Morgan fingerprint density at radius 1 is 1.58 bits per heavy atom. The fourth-order valence-electron chi connectivity index (χ4n) is 0.807. The number of methoxy groups -OCH3 is 1. The summed E-state index contributed by atoms with van der Waals surface area (Å²) in [6.45, 7) is 3.58. The molecule has 0 aromatic carbocycles. The highest BCUT2D eigenvalue weighted by Crippen LogP contribution is 2.08. The highest BCUT2D eigenvalue weighted by molar-refractivity contribution is 5.74. The lowest BCUT2D eigenvalue weighted by atomic mass is 10.0. The Balaban J connectivity index is 3.50. The van der Waals surface area contributed by atoms with Gasteiger partial charge in [-0.2, -0.15) is 0 Å². The zero-order chi connectivity index (χ0) is 9.56. The Morgan fingerprint density at radius 3 is 2.58 bits per heavy atom. The summed E-state index contributed by atoms with van der Waals surface area (Å²) in [6.07, 6.45) is 1.41. The molecule has 4 heteroatoms. The van der Waals surface area contributed by atoms with E-state index in [1.54, 1.807) is 0 Å². The number of primary amides is 1. The van der Waals surface area contributed by atoms with E-state index >= 15 is 0 Å². The largest absolute Gasteiger partial charge is 0.469 e. The highest BCUT2D eigenvalue weighted by Gasteiger charge is 2.12. The summed E-state index contributed by atoms with van der Waals surface area (Å²) in [7, 11) is 1.31. The maximum atomic E-state index is 10.8. The van der Waals surface area contributed by atoms with Gasteiger partial charge in [-0.15, -0.1) is 0 Å². The van der Waals surface area contributed by atoms with Gasteiger partial charge in [0.15, 0.2) is 0 Å². The Labute approximate surface area is 72.1 Å². The molecule has 4 nitrogen and oxygen atoms in total. The second kappa shape index (κ2) is 5.57. The minimum Gasteiger partial charge on any atom is -0.469 e. The molecule has 0 rings (SSSR count). The van der Waals surface area contributed by atoms with Crippen molar-refractivity contribution in [3.8, 4) is 0 Å². The first-order chi connectivity index (χ1) is 5.57. The number of esters is 1. The molecule has 0 aliphatic rings. The van der Waals surface area contributed by atoms with Gasteiger partial charge in [-0.05, 0) is 19.8 Å². The smallest absolute Gasteiger partial charge is 0.308 e. The quantitative estimate of drug-likeness (QED) is 0.605. The molecule has 0 spiro atoms. The molecule has 0 aromatic heterocycles. The molecule has 1 amide bonds. The summed E-state index contributed by atoms with van der Waals surface area (Å²) in [5, 5.41) is 0. The molecule has 69 valence electrons. The first kappa shape index (κ1) is 10.9. The van der Waals surface area contributed by atoms with Gasteiger partial charge in [0.25, 0.3) is 0 Å². The Hall–Kier alpha value is -1.06. The van der Waals surface area contributed by atoms with Crippen LogP contribution in [0.25, 0.3) is 0 Å². The topological polar surface area (TPSA) is 69.4 Å². The summed E-state index contributed by atoms with van der Waals surface area (Å²) < 4.78 is 4.45. The van der Waals surface area contributed by atoms with E-state index in [4.69, 9.17) is 5.73 Å². The average molecular weight is 172 g/mol. The lowest BCUT2D eigenvalue weighted by molar-refractivity contribution is -0.144. The molecule has 0 aromatic rings. The van der Waals surface area contributed by atoms with Crippen molar-refractivity contribution >= 4 is 11.9 Å². The predicted molar refractivity (Wildman–Crippen MR) is 43.9 cm³/mol. The standard InChI is InChI=1S/C8H14NO3/c1-6(8(11)12-2)4-3-5-7(9)10/h6H,1,3-5H2,2H3,(H2,9,10). The van der Waals surface area contributed by atoms with Crippen LogP contribution in [0.5, 0.6) is 0 Å². The van der Waals surface area contributed by atoms with E-state index in [2.05, 4.69) is 11.7 Å². The monoisotopic (exact) mass is 172 g/mol. The third kappa shape index (κ3) is 4.71. The second-order valence-corrected chi connectivity index (χ2v) is 2.58. The van der Waals surface area contributed by atoms with Crippen molar-refractivity contribution in [2.45, 2.75) is 19.3 Å². The molecule has 0 aliphatic carbocycles. The van der Waals surface area contributed by atoms with Crippen LogP contribution in [0.2, 0.25) is 0 Å². The predicted octanol–water partition coefficient (Wildman–Crippen LogP) is 0.265. The average Bonchev–Trinajstić information content (AvgIpc) is 2.02. The Kier molecular flexibility index (Phi) is 5.08. The fraction of sp³-hybridized carbons (Fsp3) is 0.625. The summed E-state index contributed by atoms with van der Waals surface area (Å²) >= 11 is 0. The van der Waals surface area contributed by atoms with Crippen LogP contribution in [0, 0.1) is 12.8 Å². The number of amides is 1. The molecule has 0 bridgehead atoms. The number of rotatable bonds is 5. The second-order valence-electron chi connectivity index (χ2n) is 2.58. The van der Waals surface area contributed by atoms with Crippen molar-refractivity contribution in [1.29, 1.82) is 0 Å². The van der Waals surface area contributed by atoms with E-state index in [1.807, 2.05) is 0 Å².